The number of piperidine rings is 1. The number of amides is 2. The zero-order valence-corrected chi connectivity index (χ0v) is 19.4. The van der Waals surface area contributed by atoms with Gasteiger partial charge in [0.05, 0.1) is 17.9 Å². The average Bonchev–Trinajstić information content (AvgIpc) is 2.80. The molecule has 0 atom stereocenters. The standard InChI is InChI=1S/C24H30ClN3O4/c1-3-15-31-16-12-26-23(29)21-9-4-17(2)27-22(21)18-10-13-28(14-11-18)24(30)32-20-7-5-19(25)6-8-20/h4-9,18H,3,10-16H2,1-2H3,(H,26,29). The number of halogens is 1. The van der Waals surface area contributed by atoms with E-state index in [-0.39, 0.29) is 17.9 Å². The molecule has 1 fully saturated rings. The summed E-state index contributed by atoms with van der Waals surface area (Å²) in [6, 6.07) is 10.4. The predicted octanol–water partition coefficient (Wildman–Crippen LogP) is 4.58. The first-order chi connectivity index (χ1) is 15.5. The largest absolute Gasteiger partial charge is 0.415 e. The average molecular weight is 460 g/mol. The number of rotatable bonds is 8. The van der Waals surface area contributed by atoms with E-state index < -0.39 is 0 Å². The van der Waals surface area contributed by atoms with Gasteiger partial charge in [-0.2, -0.15) is 0 Å². The molecule has 1 aliphatic rings. The second-order valence-corrected chi connectivity index (χ2v) is 8.27. The molecule has 0 saturated carbocycles. The van der Waals surface area contributed by atoms with Crippen molar-refractivity contribution in [1.29, 1.82) is 0 Å². The summed E-state index contributed by atoms with van der Waals surface area (Å²) in [5, 5.41) is 3.50. The topological polar surface area (TPSA) is 80.8 Å². The van der Waals surface area contributed by atoms with E-state index in [4.69, 9.17) is 21.1 Å². The van der Waals surface area contributed by atoms with Crippen LogP contribution in [0.1, 0.15) is 53.8 Å². The summed E-state index contributed by atoms with van der Waals surface area (Å²) in [5.74, 6) is 0.424. The second-order valence-electron chi connectivity index (χ2n) is 7.84. The molecule has 1 saturated heterocycles. The van der Waals surface area contributed by atoms with Crippen LogP contribution in [0.3, 0.4) is 0 Å². The van der Waals surface area contributed by atoms with Gasteiger partial charge in [0, 0.05) is 42.9 Å². The first-order valence-electron chi connectivity index (χ1n) is 11.0. The Morgan fingerprint density at radius 1 is 1.12 bits per heavy atom. The molecule has 7 nitrogen and oxygen atoms in total. The molecule has 0 unspecified atom stereocenters. The maximum Gasteiger partial charge on any atom is 0.415 e. The number of hydrogen-bond acceptors (Lipinski definition) is 5. The molecule has 0 bridgehead atoms. The van der Waals surface area contributed by atoms with Crippen LogP contribution in [0.2, 0.25) is 5.02 Å². The number of carbonyl (C=O) groups excluding carboxylic acids is 2. The molecule has 32 heavy (non-hydrogen) atoms. The van der Waals surface area contributed by atoms with Crippen LogP contribution in [-0.4, -0.2) is 54.7 Å². The number of aryl methyl sites for hydroxylation is 1. The number of carbonyl (C=O) groups is 2. The van der Waals surface area contributed by atoms with E-state index in [0.717, 1.165) is 17.8 Å². The van der Waals surface area contributed by atoms with Crippen LogP contribution in [-0.2, 0) is 4.74 Å². The van der Waals surface area contributed by atoms with Gasteiger partial charge in [-0.1, -0.05) is 18.5 Å². The van der Waals surface area contributed by atoms with Gasteiger partial charge in [0.1, 0.15) is 5.75 Å². The van der Waals surface area contributed by atoms with E-state index in [2.05, 4.69) is 10.3 Å². The molecule has 0 radical (unpaired) electrons. The van der Waals surface area contributed by atoms with Crippen LogP contribution < -0.4 is 10.1 Å². The van der Waals surface area contributed by atoms with Crippen molar-refractivity contribution in [1.82, 2.24) is 15.2 Å². The van der Waals surface area contributed by atoms with E-state index in [0.29, 0.717) is 62.0 Å². The molecule has 2 amide bonds. The second kappa shape index (κ2) is 11.8. The van der Waals surface area contributed by atoms with Crippen LogP contribution >= 0.6 is 11.6 Å². The lowest BCUT2D eigenvalue weighted by molar-refractivity contribution is 0.0912. The quantitative estimate of drug-likeness (QED) is 0.584. The minimum Gasteiger partial charge on any atom is -0.410 e. The van der Waals surface area contributed by atoms with Gasteiger partial charge in [-0.25, -0.2) is 4.79 Å². The molecular weight excluding hydrogens is 430 g/mol. The first kappa shape index (κ1) is 24.0. The third-order valence-electron chi connectivity index (χ3n) is 5.35. The number of benzene rings is 1. The summed E-state index contributed by atoms with van der Waals surface area (Å²) < 4.78 is 10.9. The fraction of sp³-hybridized carbons (Fsp3) is 0.458. The monoisotopic (exact) mass is 459 g/mol. The summed E-state index contributed by atoms with van der Waals surface area (Å²) in [7, 11) is 0. The van der Waals surface area contributed by atoms with E-state index in [9.17, 15) is 9.59 Å². The number of nitrogens with zero attached hydrogens (tertiary/aromatic N) is 2. The summed E-state index contributed by atoms with van der Waals surface area (Å²) >= 11 is 5.87. The molecule has 8 heteroatoms. The van der Waals surface area contributed by atoms with Crippen LogP contribution in [0.15, 0.2) is 36.4 Å². The Balaban J connectivity index is 1.58. The molecule has 2 aromatic rings. The fourth-order valence-corrected chi connectivity index (χ4v) is 3.79. The van der Waals surface area contributed by atoms with Crippen LogP contribution in [0.4, 0.5) is 4.79 Å². The van der Waals surface area contributed by atoms with E-state index >= 15 is 0 Å². The molecule has 1 aromatic heterocycles. The smallest absolute Gasteiger partial charge is 0.410 e. The highest BCUT2D eigenvalue weighted by Gasteiger charge is 2.28. The summed E-state index contributed by atoms with van der Waals surface area (Å²) in [6.07, 6.45) is 2.00. The predicted molar refractivity (Wildman–Crippen MR) is 123 cm³/mol. The van der Waals surface area contributed by atoms with Gasteiger partial charge in [-0.15, -0.1) is 0 Å². The maximum absolute atomic E-state index is 12.8. The molecule has 1 N–H and O–H groups in total. The highest BCUT2D eigenvalue weighted by atomic mass is 35.5. The number of nitrogens with one attached hydrogen (secondary N) is 1. The van der Waals surface area contributed by atoms with Gasteiger partial charge in [0.25, 0.3) is 5.91 Å². The van der Waals surface area contributed by atoms with Gasteiger partial charge in [-0.3, -0.25) is 9.78 Å². The molecule has 1 aliphatic heterocycles. The highest BCUT2D eigenvalue weighted by molar-refractivity contribution is 6.30. The number of ether oxygens (including phenoxy) is 2. The van der Waals surface area contributed by atoms with Gasteiger partial charge in [0.2, 0.25) is 0 Å². The molecule has 172 valence electrons. The van der Waals surface area contributed by atoms with E-state index in [1.54, 1.807) is 29.2 Å². The minimum absolute atomic E-state index is 0.103. The third kappa shape index (κ3) is 6.68. The van der Waals surface area contributed by atoms with Crippen LogP contribution in [0.25, 0.3) is 0 Å². The van der Waals surface area contributed by atoms with Gasteiger partial charge in [-0.05, 0) is 62.6 Å². The van der Waals surface area contributed by atoms with Crippen molar-refractivity contribution in [2.45, 2.75) is 39.0 Å². The summed E-state index contributed by atoms with van der Waals surface area (Å²) in [6.45, 7) is 6.68. The Hall–Kier alpha value is -2.64. The Morgan fingerprint density at radius 3 is 2.53 bits per heavy atom. The minimum atomic E-state index is -0.381. The molecule has 0 aliphatic carbocycles. The normalized spacial score (nSPS) is 14.3. The number of aromatic nitrogens is 1. The number of pyridine rings is 1. The Morgan fingerprint density at radius 2 is 1.84 bits per heavy atom. The molecule has 0 spiro atoms. The zero-order valence-electron chi connectivity index (χ0n) is 18.6. The number of likely N-dealkylation sites (tertiary alicyclic amines) is 1. The van der Waals surface area contributed by atoms with Crippen LogP contribution in [0, 0.1) is 6.92 Å². The Bertz CT molecular complexity index is 912. The zero-order chi connectivity index (χ0) is 22.9. The van der Waals surface area contributed by atoms with E-state index in [1.807, 2.05) is 26.0 Å². The van der Waals surface area contributed by atoms with Crippen molar-refractivity contribution in [2.75, 3.05) is 32.8 Å². The lowest BCUT2D eigenvalue weighted by Gasteiger charge is -2.31. The van der Waals surface area contributed by atoms with Crippen LogP contribution in [0.5, 0.6) is 5.75 Å². The van der Waals surface area contributed by atoms with Gasteiger partial charge in [0.15, 0.2) is 0 Å². The maximum atomic E-state index is 12.8. The van der Waals surface area contributed by atoms with Crippen molar-refractivity contribution in [3.05, 3.63) is 58.4 Å². The van der Waals surface area contributed by atoms with Gasteiger partial charge < -0.3 is 19.7 Å². The fourth-order valence-electron chi connectivity index (χ4n) is 3.66. The summed E-state index contributed by atoms with van der Waals surface area (Å²) in [5.41, 5.74) is 2.25. The van der Waals surface area contributed by atoms with Crippen molar-refractivity contribution in [3.8, 4) is 5.75 Å². The molecular formula is C24H30ClN3O4. The van der Waals surface area contributed by atoms with Crippen molar-refractivity contribution >= 4 is 23.6 Å². The SMILES string of the molecule is CCCOCCNC(=O)c1ccc(C)nc1C1CCN(C(=O)Oc2ccc(Cl)cc2)CC1. The summed E-state index contributed by atoms with van der Waals surface area (Å²) in [4.78, 5) is 31.6. The highest BCUT2D eigenvalue weighted by Crippen LogP contribution is 2.30. The lowest BCUT2D eigenvalue weighted by atomic mass is 9.90. The Labute approximate surface area is 194 Å². The van der Waals surface area contributed by atoms with E-state index in [1.165, 1.54) is 0 Å². The van der Waals surface area contributed by atoms with Crippen molar-refractivity contribution in [2.24, 2.45) is 0 Å². The number of hydrogen-bond donors (Lipinski definition) is 1. The van der Waals surface area contributed by atoms with Crippen molar-refractivity contribution < 1.29 is 19.1 Å². The third-order valence-corrected chi connectivity index (χ3v) is 5.60. The van der Waals surface area contributed by atoms with Crippen molar-refractivity contribution in [3.63, 3.8) is 0 Å². The lowest BCUT2D eigenvalue weighted by Crippen LogP contribution is -2.40. The van der Waals surface area contributed by atoms with Gasteiger partial charge >= 0.3 is 6.09 Å². The molecule has 2 heterocycles. The first-order valence-corrected chi connectivity index (χ1v) is 11.4. The Kier molecular flexibility index (Phi) is 8.88. The molecule has 3 rings (SSSR count). The molecule has 1 aromatic carbocycles.